The summed E-state index contributed by atoms with van der Waals surface area (Å²) in [7, 11) is 0. The number of aromatic nitrogens is 2. The van der Waals surface area contributed by atoms with Crippen molar-refractivity contribution < 1.29 is 19.2 Å². The molecular weight excluding hydrogens is 380 g/mol. The lowest BCUT2D eigenvalue weighted by atomic mass is 9.87. The monoisotopic (exact) mass is 390 g/mol. The number of ketones is 4. The molecule has 1 saturated heterocycles. The summed E-state index contributed by atoms with van der Waals surface area (Å²) in [6, 6.07) is 0. The molecule has 5 rings (SSSR count). The van der Waals surface area contributed by atoms with Crippen molar-refractivity contribution in [2.24, 2.45) is 11.8 Å². The number of hydrogen-bond acceptors (Lipinski definition) is 9. The van der Waals surface area contributed by atoms with Gasteiger partial charge in [-0.25, -0.2) is 9.97 Å². The molecule has 3 heterocycles. The van der Waals surface area contributed by atoms with Crippen LogP contribution in [0, 0.1) is 11.8 Å². The van der Waals surface area contributed by atoms with Gasteiger partial charge in [-0.15, -0.1) is 34.4 Å². The highest BCUT2D eigenvalue weighted by molar-refractivity contribution is 8.00. The van der Waals surface area contributed by atoms with Crippen LogP contribution in [0.3, 0.4) is 0 Å². The summed E-state index contributed by atoms with van der Waals surface area (Å²) < 4.78 is 0. The summed E-state index contributed by atoms with van der Waals surface area (Å²) in [4.78, 5) is 58.9. The second-order valence-corrected chi connectivity index (χ2v) is 9.68. The third kappa shape index (κ3) is 1.86. The van der Waals surface area contributed by atoms with Crippen LogP contribution in [0.15, 0.2) is 0 Å². The topological polar surface area (TPSA) is 94.1 Å². The van der Waals surface area contributed by atoms with Crippen LogP contribution in [-0.4, -0.2) is 33.1 Å². The molecule has 4 atom stereocenters. The van der Waals surface area contributed by atoms with E-state index in [2.05, 4.69) is 9.97 Å². The van der Waals surface area contributed by atoms with Gasteiger partial charge >= 0.3 is 0 Å². The summed E-state index contributed by atoms with van der Waals surface area (Å²) >= 11 is 4.09. The molecule has 1 aliphatic heterocycles. The molecule has 25 heavy (non-hydrogen) atoms. The second kappa shape index (κ2) is 4.93. The summed E-state index contributed by atoms with van der Waals surface area (Å²) in [6.07, 6.45) is 0. The van der Waals surface area contributed by atoms with Crippen LogP contribution < -0.4 is 0 Å². The minimum atomic E-state index is -0.431. The third-order valence-corrected chi connectivity index (χ3v) is 9.25. The maximum atomic E-state index is 12.8. The van der Waals surface area contributed by atoms with Crippen LogP contribution in [0.4, 0.5) is 0 Å². The molecule has 0 N–H and O–H groups in total. The van der Waals surface area contributed by atoms with Gasteiger partial charge in [0.25, 0.3) is 0 Å². The van der Waals surface area contributed by atoms with Crippen molar-refractivity contribution in [3.8, 4) is 0 Å². The Balaban J connectivity index is 1.58. The van der Waals surface area contributed by atoms with E-state index in [-0.39, 0.29) is 33.6 Å². The molecule has 0 aromatic carbocycles. The second-order valence-electron chi connectivity index (χ2n) is 6.33. The average Bonchev–Trinajstić information content (AvgIpc) is 3.28. The Morgan fingerprint density at radius 2 is 1.20 bits per heavy atom. The molecular formula is C16H10N2O4S3. The standard InChI is InChI=1S/C16H10N2O4S3/c1-3(19)15-17-7-9(21)5-6-10(22)8-14(25-16(18-8)4(2)20)12(6)23-11(5)13(7)24-15/h5-6,11-12H,1-2H3. The summed E-state index contributed by atoms with van der Waals surface area (Å²) in [5.41, 5.74) is 0.716. The van der Waals surface area contributed by atoms with Crippen LogP contribution in [0.1, 0.15) is 74.7 Å². The van der Waals surface area contributed by atoms with Crippen LogP contribution >= 0.6 is 34.4 Å². The van der Waals surface area contributed by atoms with Gasteiger partial charge in [0.15, 0.2) is 33.1 Å². The van der Waals surface area contributed by atoms with Crippen LogP contribution in [-0.2, 0) is 0 Å². The molecule has 0 bridgehead atoms. The van der Waals surface area contributed by atoms with Gasteiger partial charge in [-0.1, -0.05) is 0 Å². The van der Waals surface area contributed by atoms with Gasteiger partial charge in [0.05, 0.1) is 22.3 Å². The first-order valence-electron chi connectivity index (χ1n) is 7.65. The minimum Gasteiger partial charge on any atom is -0.292 e. The van der Waals surface area contributed by atoms with E-state index in [9.17, 15) is 19.2 Å². The fraction of sp³-hybridized carbons (Fsp3) is 0.375. The van der Waals surface area contributed by atoms with Crippen LogP contribution in [0.25, 0.3) is 0 Å². The van der Waals surface area contributed by atoms with Gasteiger partial charge in [-0.2, -0.15) is 0 Å². The van der Waals surface area contributed by atoms with Gasteiger partial charge in [-0.3, -0.25) is 19.2 Å². The molecule has 126 valence electrons. The Bertz CT molecular complexity index is 940. The fourth-order valence-corrected chi connectivity index (χ4v) is 8.10. The van der Waals surface area contributed by atoms with Crippen molar-refractivity contribution in [1.82, 2.24) is 9.97 Å². The predicted molar refractivity (Wildman–Crippen MR) is 93.0 cm³/mol. The lowest BCUT2D eigenvalue weighted by Crippen LogP contribution is -2.24. The zero-order valence-corrected chi connectivity index (χ0v) is 15.5. The van der Waals surface area contributed by atoms with Gasteiger partial charge < -0.3 is 0 Å². The first-order chi connectivity index (χ1) is 11.9. The van der Waals surface area contributed by atoms with Crippen molar-refractivity contribution in [2.75, 3.05) is 0 Å². The predicted octanol–water partition coefficient (Wildman–Crippen LogP) is 3.16. The number of carbonyl (C=O) groups is 4. The van der Waals surface area contributed by atoms with Crippen molar-refractivity contribution in [3.63, 3.8) is 0 Å². The van der Waals surface area contributed by atoms with Crippen molar-refractivity contribution in [3.05, 3.63) is 31.2 Å². The molecule has 2 aliphatic carbocycles. The molecule has 2 aromatic heterocycles. The Hall–Kier alpha value is -1.71. The first kappa shape index (κ1) is 15.5. The molecule has 4 unspecified atom stereocenters. The third-order valence-electron chi connectivity index (χ3n) is 4.83. The number of thioether (sulfide) groups is 1. The normalized spacial score (nSPS) is 28.7. The van der Waals surface area contributed by atoms with E-state index in [1.165, 1.54) is 36.5 Å². The molecule has 3 aliphatic rings. The van der Waals surface area contributed by atoms with Crippen LogP contribution in [0.2, 0.25) is 0 Å². The van der Waals surface area contributed by atoms with Crippen molar-refractivity contribution >= 4 is 57.6 Å². The Morgan fingerprint density at radius 3 is 1.56 bits per heavy atom. The van der Waals surface area contributed by atoms with E-state index < -0.39 is 11.8 Å². The zero-order chi connectivity index (χ0) is 17.6. The number of rotatable bonds is 2. The SMILES string of the molecule is CC(=O)c1nc2c(s1)C1SC3c4sc(C(C)=O)nc4C(=O)C3C1C2=O. The van der Waals surface area contributed by atoms with E-state index in [0.717, 1.165) is 9.75 Å². The molecule has 9 heteroatoms. The number of carbonyl (C=O) groups excluding carboxylic acids is 4. The van der Waals surface area contributed by atoms with Gasteiger partial charge in [0.2, 0.25) is 0 Å². The van der Waals surface area contributed by atoms with E-state index in [4.69, 9.17) is 0 Å². The van der Waals surface area contributed by atoms with E-state index in [1.807, 2.05) is 0 Å². The van der Waals surface area contributed by atoms with Crippen molar-refractivity contribution in [2.45, 2.75) is 24.3 Å². The molecule has 2 aromatic rings. The minimum absolute atomic E-state index is 0.136. The first-order valence-corrected chi connectivity index (χ1v) is 10.2. The Kier molecular flexibility index (Phi) is 3.06. The maximum Gasteiger partial charge on any atom is 0.188 e. The zero-order valence-electron chi connectivity index (χ0n) is 13.1. The fourth-order valence-electron chi connectivity index (χ4n) is 3.77. The smallest absolute Gasteiger partial charge is 0.188 e. The highest BCUT2D eigenvalue weighted by Gasteiger charge is 2.62. The average molecular weight is 390 g/mol. The lowest BCUT2D eigenvalue weighted by molar-refractivity contribution is 0.0799. The quantitative estimate of drug-likeness (QED) is 0.727. The summed E-state index contributed by atoms with van der Waals surface area (Å²) in [5, 5.41) is 0.419. The van der Waals surface area contributed by atoms with Gasteiger partial charge in [-0.05, 0) is 0 Å². The molecule has 6 nitrogen and oxygen atoms in total. The number of Topliss-reactive ketones (excluding diaryl/α,β-unsaturated/α-hetero) is 4. The summed E-state index contributed by atoms with van der Waals surface area (Å²) in [5.74, 6) is -1.45. The number of thiazole rings is 2. The lowest BCUT2D eigenvalue weighted by Gasteiger charge is -2.12. The van der Waals surface area contributed by atoms with Gasteiger partial charge in [0, 0.05) is 23.6 Å². The van der Waals surface area contributed by atoms with E-state index in [1.54, 1.807) is 11.8 Å². The number of fused-ring (bicyclic) bond motifs is 7. The molecule has 0 spiro atoms. The Labute approximate surface area is 154 Å². The van der Waals surface area contributed by atoms with Crippen molar-refractivity contribution in [1.29, 1.82) is 0 Å². The highest BCUT2D eigenvalue weighted by Crippen LogP contribution is 2.68. The van der Waals surface area contributed by atoms with E-state index >= 15 is 0 Å². The highest BCUT2D eigenvalue weighted by atomic mass is 32.2. The molecule has 0 saturated carbocycles. The van der Waals surface area contributed by atoms with Gasteiger partial charge in [0.1, 0.15) is 11.4 Å². The largest absolute Gasteiger partial charge is 0.292 e. The van der Waals surface area contributed by atoms with Crippen LogP contribution in [0.5, 0.6) is 0 Å². The number of nitrogens with zero attached hydrogens (tertiary/aromatic N) is 2. The molecule has 1 fully saturated rings. The summed E-state index contributed by atoms with van der Waals surface area (Å²) in [6.45, 7) is 2.87. The number of hydrogen-bond donors (Lipinski definition) is 0. The molecule has 0 amide bonds. The van der Waals surface area contributed by atoms with E-state index in [0.29, 0.717) is 21.4 Å². The Morgan fingerprint density at radius 1 is 0.800 bits per heavy atom. The molecule has 0 radical (unpaired) electrons. The maximum absolute atomic E-state index is 12.8.